The maximum atomic E-state index is 3.66. The van der Waals surface area contributed by atoms with E-state index in [-0.39, 0.29) is 0 Å². The van der Waals surface area contributed by atoms with Gasteiger partial charge in [0, 0.05) is 0 Å². The fourth-order valence-electron chi connectivity index (χ4n) is 0.715. The Balaban J connectivity index is -0.0000000624. The quantitative estimate of drug-likeness (QED) is 0.309. The summed E-state index contributed by atoms with van der Waals surface area (Å²) in [6.45, 7) is 27.8. The summed E-state index contributed by atoms with van der Waals surface area (Å²) >= 11 is 0. The van der Waals surface area contributed by atoms with Crippen molar-refractivity contribution in [2.45, 2.75) is 86.0 Å². The van der Waals surface area contributed by atoms with Crippen molar-refractivity contribution in [2.75, 3.05) is 0 Å². The van der Waals surface area contributed by atoms with E-state index < -0.39 is 0 Å². The maximum Gasteiger partial charge on any atom is -0.0353 e. The third-order valence-corrected chi connectivity index (χ3v) is 2.13. The van der Waals surface area contributed by atoms with Gasteiger partial charge in [-0.2, -0.15) is 0 Å². The summed E-state index contributed by atoms with van der Waals surface area (Å²) in [6, 6.07) is 0. The Bertz CT molecular complexity index is 179. The van der Waals surface area contributed by atoms with Crippen molar-refractivity contribution < 1.29 is 0 Å². The Morgan fingerprint density at radius 3 is 1.04 bits per heavy atom. The molecule has 0 aliphatic carbocycles. The number of hydrogen-bond donors (Lipinski definition) is 0. The molecule has 0 aromatic rings. The zero-order chi connectivity index (χ0) is 19.2. The predicted molar refractivity (Wildman–Crippen MR) is 116 cm³/mol. The van der Waals surface area contributed by atoms with E-state index in [1.807, 2.05) is 31.2 Å². The molecule has 0 N–H and O–H groups in total. The second-order valence-electron chi connectivity index (χ2n) is 4.64. The van der Waals surface area contributed by atoms with E-state index in [1.165, 1.54) is 32.1 Å². The molecule has 0 radical (unpaired) electrons. The normalized spacial score (nSPS) is 7.00. The second-order valence-corrected chi connectivity index (χ2v) is 4.64. The summed E-state index contributed by atoms with van der Waals surface area (Å²) in [5, 5.41) is 0. The van der Waals surface area contributed by atoms with Crippen LogP contribution in [-0.2, 0) is 0 Å². The van der Waals surface area contributed by atoms with Crippen molar-refractivity contribution in [3.05, 3.63) is 63.3 Å². The van der Waals surface area contributed by atoms with Gasteiger partial charge in [0.1, 0.15) is 0 Å². The molecule has 0 aliphatic rings. The van der Waals surface area contributed by atoms with Crippen LogP contribution in [0.4, 0.5) is 0 Å². The van der Waals surface area contributed by atoms with E-state index in [1.54, 1.807) is 6.08 Å². The fraction of sp³-hybridized carbons (Fsp3) is 0.565. The lowest BCUT2D eigenvalue weighted by molar-refractivity contribution is 0.675. The molecule has 0 aliphatic heterocycles. The Kier molecular flexibility index (Phi) is 85.1. The molecule has 0 spiro atoms. The van der Waals surface area contributed by atoms with E-state index in [9.17, 15) is 0 Å². The molecule has 0 heteroatoms. The summed E-state index contributed by atoms with van der Waals surface area (Å²) in [4.78, 5) is 0. The van der Waals surface area contributed by atoms with Gasteiger partial charge in [0.15, 0.2) is 0 Å². The Hall–Kier alpha value is -1.30. The topological polar surface area (TPSA) is 0 Å². The molecule has 0 amide bonds. The van der Waals surface area contributed by atoms with Gasteiger partial charge < -0.3 is 0 Å². The van der Waals surface area contributed by atoms with Gasteiger partial charge in [-0.25, -0.2) is 0 Å². The zero-order valence-electron chi connectivity index (χ0n) is 17.1. The lowest BCUT2D eigenvalue weighted by atomic mass is 10.2. The molecule has 0 atom stereocenters. The van der Waals surface area contributed by atoms with Crippen molar-refractivity contribution in [3.8, 4) is 0 Å². The van der Waals surface area contributed by atoms with Gasteiger partial charge in [0.05, 0.1) is 0 Å². The Labute approximate surface area is 149 Å². The minimum Gasteiger partial charge on any atom is -0.103 e. The van der Waals surface area contributed by atoms with Crippen LogP contribution in [0.15, 0.2) is 63.3 Å². The van der Waals surface area contributed by atoms with Crippen LogP contribution < -0.4 is 0 Å². The van der Waals surface area contributed by atoms with Gasteiger partial charge in [0.2, 0.25) is 0 Å². The molecule has 0 nitrogen and oxygen atoms in total. The average Bonchev–Trinajstić information content (AvgIpc) is 2.60. The van der Waals surface area contributed by atoms with Crippen LogP contribution in [0.2, 0.25) is 0 Å². The molecule has 0 heterocycles. The first-order valence-corrected chi connectivity index (χ1v) is 9.08. The van der Waals surface area contributed by atoms with Crippen molar-refractivity contribution in [3.63, 3.8) is 0 Å². The molecule has 0 saturated heterocycles. The van der Waals surface area contributed by atoms with Crippen molar-refractivity contribution in [1.82, 2.24) is 0 Å². The van der Waals surface area contributed by atoms with Crippen LogP contribution in [0.1, 0.15) is 86.0 Å². The Morgan fingerprint density at radius 2 is 0.870 bits per heavy atom. The molecule has 0 fully saturated rings. The SMILES string of the molecule is C=CC.C=CCC.C=CCC.C=CCC.C=CCCCCCC. The minimum absolute atomic E-state index is 1.08. The second kappa shape index (κ2) is 58.7. The van der Waals surface area contributed by atoms with Gasteiger partial charge in [-0.1, -0.05) is 77.3 Å². The molecule has 0 rings (SSSR count). The molecule has 0 saturated carbocycles. The minimum atomic E-state index is 1.08. The first kappa shape index (κ1) is 33.3. The molecule has 23 heavy (non-hydrogen) atoms. The molecular weight excluding hydrogens is 276 g/mol. The molecule has 0 unspecified atom stereocenters. The third-order valence-electron chi connectivity index (χ3n) is 2.13. The van der Waals surface area contributed by atoms with Crippen molar-refractivity contribution >= 4 is 0 Å². The molecule has 0 aromatic carbocycles. The highest BCUT2D eigenvalue weighted by molar-refractivity contribution is 4.65. The van der Waals surface area contributed by atoms with Crippen LogP contribution in [0.5, 0.6) is 0 Å². The average molecular weight is 323 g/mol. The summed E-state index contributed by atoms with van der Waals surface area (Å²) in [6.07, 6.45) is 19.2. The van der Waals surface area contributed by atoms with Crippen LogP contribution in [0, 0.1) is 0 Å². The summed E-state index contributed by atoms with van der Waals surface area (Å²) in [5.41, 5.74) is 0. The van der Waals surface area contributed by atoms with Crippen molar-refractivity contribution in [1.29, 1.82) is 0 Å². The molecular formula is C23H46. The van der Waals surface area contributed by atoms with Crippen LogP contribution >= 0.6 is 0 Å². The largest absolute Gasteiger partial charge is 0.103 e. The van der Waals surface area contributed by atoms with Crippen LogP contribution in [0.3, 0.4) is 0 Å². The van der Waals surface area contributed by atoms with Gasteiger partial charge in [-0.05, 0) is 39.0 Å². The van der Waals surface area contributed by atoms with E-state index in [0.29, 0.717) is 0 Å². The third kappa shape index (κ3) is 161. The summed E-state index contributed by atoms with van der Waals surface area (Å²) in [5.74, 6) is 0. The number of hydrogen-bond acceptors (Lipinski definition) is 0. The van der Waals surface area contributed by atoms with E-state index >= 15 is 0 Å². The van der Waals surface area contributed by atoms with Crippen LogP contribution in [0.25, 0.3) is 0 Å². The lowest BCUT2D eigenvalue weighted by Crippen LogP contribution is -1.71. The Morgan fingerprint density at radius 1 is 0.565 bits per heavy atom. The fourth-order valence-corrected chi connectivity index (χ4v) is 0.715. The predicted octanol–water partition coefficient (Wildman–Crippen LogP) is 9.08. The first-order valence-electron chi connectivity index (χ1n) is 9.08. The highest BCUT2D eigenvalue weighted by atomic mass is 13.9. The van der Waals surface area contributed by atoms with E-state index in [2.05, 4.69) is 60.6 Å². The van der Waals surface area contributed by atoms with Crippen molar-refractivity contribution in [2.24, 2.45) is 0 Å². The summed E-state index contributed by atoms with van der Waals surface area (Å²) in [7, 11) is 0. The molecule has 0 bridgehead atoms. The maximum absolute atomic E-state index is 3.66. The van der Waals surface area contributed by atoms with E-state index in [0.717, 1.165) is 19.3 Å². The number of rotatable bonds is 8. The molecule has 138 valence electrons. The van der Waals surface area contributed by atoms with Gasteiger partial charge in [-0.15, -0.1) is 32.9 Å². The van der Waals surface area contributed by atoms with Crippen LogP contribution in [-0.4, -0.2) is 0 Å². The number of allylic oxidation sites excluding steroid dienone is 5. The highest BCUT2D eigenvalue weighted by Crippen LogP contribution is 2.01. The first-order chi connectivity index (χ1) is 11.1. The smallest absolute Gasteiger partial charge is 0.0353 e. The summed E-state index contributed by atoms with van der Waals surface area (Å²) < 4.78 is 0. The standard InChI is InChI=1S/C8H16.3C4H8.C3H6/c1-3-5-7-8-6-4-2;3*1-3-4-2;1-3-2/h3H,1,4-8H2,2H3;3*3H,1,4H2,2H3;3H,1H2,2H3. The van der Waals surface area contributed by atoms with E-state index in [4.69, 9.17) is 0 Å². The van der Waals surface area contributed by atoms with Gasteiger partial charge in [-0.3, -0.25) is 0 Å². The number of unbranched alkanes of at least 4 members (excludes halogenated alkanes) is 4. The monoisotopic (exact) mass is 322 g/mol. The van der Waals surface area contributed by atoms with Gasteiger partial charge in [0.25, 0.3) is 0 Å². The highest BCUT2D eigenvalue weighted by Gasteiger charge is 1.81. The molecule has 0 aromatic heterocycles. The lowest BCUT2D eigenvalue weighted by Gasteiger charge is -1.91. The zero-order valence-corrected chi connectivity index (χ0v) is 17.1. The van der Waals surface area contributed by atoms with Gasteiger partial charge >= 0.3 is 0 Å².